The minimum atomic E-state index is -0.382. The van der Waals surface area contributed by atoms with Crippen LogP contribution in [0.1, 0.15) is 26.7 Å². The number of piperidine rings is 1. The number of carbonyl (C=O) groups is 2. The maximum Gasteiger partial charge on any atom is 0.242 e. The number of hydrogen-bond acceptors (Lipinski definition) is 3. The summed E-state index contributed by atoms with van der Waals surface area (Å²) in [7, 11) is 0. The van der Waals surface area contributed by atoms with Crippen LogP contribution in [0, 0.1) is 5.92 Å². The molecule has 0 aromatic rings. The van der Waals surface area contributed by atoms with E-state index in [1.807, 2.05) is 0 Å². The summed E-state index contributed by atoms with van der Waals surface area (Å²) in [5.41, 5.74) is 5.62. The highest BCUT2D eigenvalue weighted by Gasteiger charge is 2.26. The van der Waals surface area contributed by atoms with Crippen molar-refractivity contribution in [3.8, 4) is 0 Å². The minimum Gasteiger partial charge on any atom is -0.354 e. The molecule has 0 saturated carbocycles. The Bertz CT molecular complexity index is 258. The molecule has 94 valence electrons. The van der Waals surface area contributed by atoms with Crippen LogP contribution in [0.15, 0.2) is 0 Å². The van der Waals surface area contributed by atoms with Gasteiger partial charge in [0.05, 0.1) is 0 Å². The van der Waals surface area contributed by atoms with Gasteiger partial charge in [-0.25, -0.2) is 0 Å². The zero-order valence-corrected chi connectivity index (χ0v) is 10.5. The number of nitrogens with one attached hydrogen (secondary N) is 2. The van der Waals surface area contributed by atoms with Crippen LogP contribution in [-0.4, -0.2) is 30.4 Å². The SMILES string of the molecule is CC(N)C(C)C(=O)NC1CCCNC1=O.Cl. The molecule has 1 aliphatic rings. The van der Waals surface area contributed by atoms with Crippen molar-refractivity contribution in [3.05, 3.63) is 0 Å². The molecule has 1 saturated heterocycles. The summed E-state index contributed by atoms with van der Waals surface area (Å²) in [6.07, 6.45) is 1.62. The predicted octanol–water partition coefficient (Wildman–Crippen LogP) is -0.214. The van der Waals surface area contributed by atoms with Crippen molar-refractivity contribution in [1.29, 1.82) is 0 Å². The molecular weight excluding hydrogens is 230 g/mol. The van der Waals surface area contributed by atoms with Crippen molar-refractivity contribution in [3.63, 3.8) is 0 Å². The Morgan fingerprint density at radius 1 is 1.56 bits per heavy atom. The smallest absolute Gasteiger partial charge is 0.242 e. The standard InChI is InChI=1S/C10H19N3O2.ClH/c1-6(7(2)11)9(14)13-8-4-3-5-12-10(8)15;/h6-8H,3-5,11H2,1-2H3,(H,12,15)(H,13,14);1H. The first-order valence-electron chi connectivity index (χ1n) is 5.36. The molecule has 3 atom stereocenters. The highest BCUT2D eigenvalue weighted by Crippen LogP contribution is 2.06. The van der Waals surface area contributed by atoms with Crippen LogP contribution in [0.3, 0.4) is 0 Å². The fourth-order valence-corrected chi connectivity index (χ4v) is 1.45. The molecule has 1 heterocycles. The van der Waals surface area contributed by atoms with Crippen molar-refractivity contribution in [2.75, 3.05) is 6.54 Å². The molecule has 1 aliphatic heterocycles. The maximum atomic E-state index is 11.6. The number of hydrogen-bond donors (Lipinski definition) is 3. The van der Waals surface area contributed by atoms with E-state index in [1.165, 1.54) is 0 Å². The summed E-state index contributed by atoms with van der Waals surface area (Å²) in [6, 6.07) is -0.580. The first kappa shape index (κ1) is 15.2. The molecule has 5 nitrogen and oxygen atoms in total. The normalized spacial score (nSPS) is 23.7. The zero-order valence-electron chi connectivity index (χ0n) is 9.66. The second kappa shape index (κ2) is 6.70. The molecule has 0 aromatic heterocycles. The lowest BCUT2D eigenvalue weighted by Gasteiger charge is -2.25. The zero-order chi connectivity index (χ0) is 11.4. The fourth-order valence-electron chi connectivity index (χ4n) is 1.45. The second-order valence-corrected chi connectivity index (χ2v) is 4.14. The third kappa shape index (κ3) is 3.98. The Balaban J connectivity index is 0.00000225. The number of nitrogens with two attached hydrogens (primary N) is 1. The molecule has 4 N–H and O–H groups in total. The average molecular weight is 250 g/mol. The summed E-state index contributed by atoms with van der Waals surface area (Å²) in [5.74, 6) is -0.502. The highest BCUT2D eigenvalue weighted by molar-refractivity contribution is 5.88. The van der Waals surface area contributed by atoms with E-state index in [0.29, 0.717) is 13.0 Å². The van der Waals surface area contributed by atoms with E-state index in [-0.39, 0.29) is 42.2 Å². The van der Waals surface area contributed by atoms with E-state index >= 15 is 0 Å². The van der Waals surface area contributed by atoms with E-state index in [0.717, 1.165) is 6.42 Å². The van der Waals surface area contributed by atoms with Crippen molar-refractivity contribution in [1.82, 2.24) is 10.6 Å². The van der Waals surface area contributed by atoms with Crippen molar-refractivity contribution >= 4 is 24.2 Å². The van der Waals surface area contributed by atoms with Crippen LogP contribution in [0.4, 0.5) is 0 Å². The predicted molar refractivity (Wildman–Crippen MR) is 64.2 cm³/mol. The minimum absolute atomic E-state index is 0. The van der Waals surface area contributed by atoms with Gasteiger partial charge in [-0.15, -0.1) is 12.4 Å². The lowest BCUT2D eigenvalue weighted by atomic mass is 10.0. The van der Waals surface area contributed by atoms with Gasteiger partial charge in [0.15, 0.2) is 0 Å². The largest absolute Gasteiger partial charge is 0.354 e. The van der Waals surface area contributed by atoms with Crippen molar-refractivity contribution in [2.24, 2.45) is 11.7 Å². The van der Waals surface area contributed by atoms with E-state index < -0.39 is 0 Å². The molecule has 0 bridgehead atoms. The van der Waals surface area contributed by atoms with Crippen LogP contribution in [0.5, 0.6) is 0 Å². The monoisotopic (exact) mass is 249 g/mol. The molecular formula is C10H20ClN3O2. The second-order valence-electron chi connectivity index (χ2n) is 4.14. The summed E-state index contributed by atoms with van der Waals surface area (Å²) in [6.45, 7) is 4.25. The van der Waals surface area contributed by atoms with Crippen molar-refractivity contribution < 1.29 is 9.59 Å². The van der Waals surface area contributed by atoms with Crippen LogP contribution < -0.4 is 16.4 Å². The van der Waals surface area contributed by atoms with Gasteiger partial charge in [0.25, 0.3) is 0 Å². The van der Waals surface area contributed by atoms with Crippen LogP contribution >= 0.6 is 12.4 Å². The van der Waals surface area contributed by atoms with E-state index in [9.17, 15) is 9.59 Å². The van der Waals surface area contributed by atoms with Gasteiger partial charge in [-0.05, 0) is 19.8 Å². The quantitative estimate of drug-likeness (QED) is 0.647. The summed E-state index contributed by atoms with van der Waals surface area (Å²) in [5, 5.41) is 5.44. The van der Waals surface area contributed by atoms with Gasteiger partial charge in [0.1, 0.15) is 6.04 Å². The first-order valence-corrected chi connectivity index (χ1v) is 5.36. The van der Waals surface area contributed by atoms with Crippen LogP contribution in [0.25, 0.3) is 0 Å². The summed E-state index contributed by atoms with van der Waals surface area (Å²) in [4.78, 5) is 23.0. The molecule has 16 heavy (non-hydrogen) atoms. The Morgan fingerprint density at radius 3 is 2.69 bits per heavy atom. The van der Waals surface area contributed by atoms with Crippen molar-refractivity contribution in [2.45, 2.75) is 38.8 Å². The third-order valence-corrected chi connectivity index (χ3v) is 2.80. The molecule has 6 heteroatoms. The van der Waals surface area contributed by atoms with Gasteiger partial charge < -0.3 is 16.4 Å². The van der Waals surface area contributed by atoms with Gasteiger partial charge in [-0.3, -0.25) is 9.59 Å². The van der Waals surface area contributed by atoms with Gasteiger partial charge >= 0.3 is 0 Å². The molecule has 0 spiro atoms. The Hall–Kier alpha value is -0.810. The third-order valence-electron chi connectivity index (χ3n) is 2.80. The van der Waals surface area contributed by atoms with Gasteiger partial charge in [0, 0.05) is 18.5 Å². The van der Waals surface area contributed by atoms with Gasteiger partial charge in [-0.1, -0.05) is 6.92 Å². The molecule has 0 radical (unpaired) electrons. The fraction of sp³-hybridized carbons (Fsp3) is 0.800. The van der Waals surface area contributed by atoms with Crippen LogP contribution in [-0.2, 0) is 9.59 Å². The Morgan fingerprint density at radius 2 is 2.19 bits per heavy atom. The molecule has 1 rings (SSSR count). The average Bonchev–Trinajstić information content (AvgIpc) is 2.20. The molecule has 0 aliphatic carbocycles. The number of rotatable bonds is 3. The Labute approximate surface area is 102 Å². The molecule has 2 amide bonds. The lowest BCUT2D eigenvalue weighted by Crippen LogP contribution is -2.52. The summed E-state index contributed by atoms with van der Waals surface area (Å²) < 4.78 is 0. The van der Waals surface area contributed by atoms with Gasteiger partial charge in [0.2, 0.25) is 11.8 Å². The van der Waals surface area contributed by atoms with E-state index in [2.05, 4.69) is 10.6 Å². The molecule has 3 unspecified atom stereocenters. The summed E-state index contributed by atoms with van der Waals surface area (Å²) >= 11 is 0. The molecule has 1 fully saturated rings. The lowest BCUT2D eigenvalue weighted by molar-refractivity contribution is -0.132. The Kier molecular flexibility index (Phi) is 6.36. The molecule has 0 aromatic carbocycles. The first-order chi connectivity index (χ1) is 7.02. The maximum absolute atomic E-state index is 11.6. The van der Waals surface area contributed by atoms with E-state index in [4.69, 9.17) is 5.73 Å². The van der Waals surface area contributed by atoms with Gasteiger partial charge in [-0.2, -0.15) is 0 Å². The number of carbonyl (C=O) groups excluding carboxylic acids is 2. The number of amides is 2. The van der Waals surface area contributed by atoms with E-state index in [1.54, 1.807) is 13.8 Å². The van der Waals surface area contributed by atoms with Crippen LogP contribution in [0.2, 0.25) is 0 Å². The highest BCUT2D eigenvalue weighted by atomic mass is 35.5. The topological polar surface area (TPSA) is 84.2 Å². The number of halogens is 1.